The second-order valence-electron chi connectivity index (χ2n) is 5.72. The van der Waals surface area contributed by atoms with Crippen molar-refractivity contribution in [2.24, 2.45) is 0 Å². The van der Waals surface area contributed by atoms with Crippen LogP contribution in [0.1, 0.15) is 25.2 Å². The van der Waals surface area contributed by atoms with Gasteiger partial charge in [-0.05, 0) is 45.5 Å². The van der Waals surface area contributed by atoms with Crippen LogP contribution in [0.15, 0.2) is 36.7 Å². The maximum atomic E-state index is 5.74. The van der Waals surface area contributed by atoms with Crippen molar-refractivity contribution in [2.45, 2.75) is 40.0 Å². The van der Waals surface area contributed by atoms with Gasteiger partial charge in [0.25, 0.3) is 0 Å². The minimum absolute atomic E-state index is 0.210. The second-order valence-corrected chi connectivity index (χ2v) is 5.72. The minimum atomic E-state index is 0.210. The summed E-state index contributed by atoms with van der Waals surface area (Å²) < 4.78 is 7.92. The average molecular weight is 287 g/mol. The molecule has 0 aliphatic carbocycles. The van der Waals surface area contributed by atoms with Crippen molar-refractivity contribution in [1.29, 1.82) is 0 Å². The van der Waals surface area contributed by atoms with Gasteiger partial charge in [-0.2, -0.15) is 0 Å². The van der Waals surface area contributed by atoms with Crippen LogP contribution in [0.5, 0.6) is 5.75 Å². The Morgan fingerprint density at radius 3 is 2.81 bits per heavy atom. The monoisotopic (exact) mass is 287 g/mol. The third kappa shape index (κ3) is 4.90. The number of aromatic nitrogens is 2. The first-order chi connectivity index (χ1) is 10.0. The Morgan fingerprint density at radius 1 is 1.33 bits per heavy atom. The van der Waals surface area contributed by atoms with E-state index in [0.29, 0.717) is 0 Å². The van der Waals surface area contributed by atoms with Crippen molar-refractivity contribution < 1.29 is 4.74 Å². The van der Waals surface area contributed by atoms with Gasteiger partial charge in [-0.3, -0.25) is 0 Å². The Morgan fingerprint density at radius 2 is 2.14 bits per heavy atom. The Hall–Kier alpha value is -1.81. The highest BCUT2D eigenvalue weighted by molar-refractivity contribution is 5.28. The van der Waals surface area contributed by atoms with Gasteiger partial charge in [0.2, 0.25) is 0 Å². The number of nitrogens with zero attached hydrogens (tertiary/aromatic N) is 3. The van der Waals surface area contributed by atoms with Crippen LogP contribution in [-0.2, 0) is 13.1 Å². The molecule has 0 saturated carbocycles. The van der Waals surface area contributed by atoms with E-state index in [9.17, 15) is 0 Å². The third-order valence-electron chi connectivity index (χ3n) is 3.37. The van der Waals surface area contributed by atoms with E-state index < -0.39 is 0 Å². The molecule has 0 aliphatic heterocycles. The Balaban J connectivity index is 1.87. The third-order valence-corrected chi connectivity index (χ3v) is 3.37. The van der Waals surface area contributed by atoms with E-state index in [-0.39, 0.29) is 6.10 Å². The fraction of sp³-hybridized carbons (Fsp3) is 0.471. The van der Waals surface area contributed by atoms with Crippen LogP contribution in [0.3, 0.4) is 0 Å². The van der Waals surface area contributed by atoms with Crippen LogP contribution in [-0.4, -0.2) is 34.1 Å². The number of hydrogen-bond acceptors (Lipinski definition) is 3. The molecule has 0 saturated heterocycles. The molecular formula is C17H25N3O. The maximum absolute atomic E-state index is 5.74. The lowest BCUT2D eigenvalue weighted by Gasteiger charge is -2.18. The zero-order valence-corrected chi connectivity index (χ0v) is 13.4. The molecule has 0 amide bonds. The number of ether oxygens (including phenoxy) is 1. The topological polar surface area (TPSA) is 30.3 Å². The van der Waals surface area contributed by atoms with Crippen LogP contribution in [0.2, 0.25) is 0 Å². The molecule has 4 heteroatoms. The molecule has 2 rings (SSSR count). The molecule has 0 spiro atoms. The quantitative estimate of drug-likeness (QED) is 0.784. The molecule has 0 aliphatic rings. The van der Waals surface area contributed by atoms with Gasteiger partial charge in [0.1, 0.15) is 11.6 Å². The molecule has 21 heavy (non-hydrogen) atoms. The molecule has 0 bridgehead atoms. The van der Waals surface area contributed by atoms with Crippen LogP contribution in [0.25, 0.3) is 0 Å². The molecule has 0 N–H and O–H groups in total. The van der Waals surface area contributed by atoms with Crippen LogP contribution in [0, 0.1) is 6.92 Å². The van der Waals surface area contributed by atoms with Gasteiger partial charge in [0.05, 0.1) is 6.10 Å². The van der Waals surface area contributed by atoms with Crippen molar-refractivity contribution in [3.8, 4) is 5.75 Å². The van der Waals surface area contributed by atoms with Gasteiger partial charge < -0.3 is 14.2 Å². The lowest BCUT2D eigenvalue weighted by Crippen LogP contribution is -2.23. The van der Waals surface area contributed by atoms with E-state index in [1.54, 1.807) is 0 Å². The Labute approximate surface area is 127 Å². The highest BCUT2D eigenvalue weighted by Crippen LogP contribution is 2.16. The van der Waals surface area contributed by atoms with Crippen LogP contribution < -0.4 is 4.74 Å². The molecule has 1 heterocycles. The number of hydrogen-bond donors (Lipinski definition) is 0. The number of imidazole rings is 1. The number of rotatable bonds is 7. The van der Waals surface area contributed by atoms with E-state index in [1.807, 2.05) is 39.2 Å². The van der Waals surface area contributed by atoms with Crippen molar-refractivity contribution in [3.05, 3.63) is 48.0 Å². The number of benzene rings is 1. The zero-order chi connectivity index (χ0) is 15.2. The summed E-state index contributed by atoms with van der Waals surface area (Å²) in [6.07, 6.45) is 4.09. The van der Waals surface area contributed by atoms with E-state index >= 15 is 0 Å². The van der Waals surface area contributed by atoms with Crippen molar-refractivity contribution in [3.63, 3.8) is 0 Å². The van der Waals surface area contributed by atoms with Gasteiger partial charge >= 0.3 is 0 Å². The molecule has 4 nitrogen and oxygen atoms in total. The summed E-state index contributed by atoms with van der Waals surface area (Å²) >= 11 is 0. The smallest absolute Gasteiger partial charge is 0.120 e. The maximum Gasteiger partial charge on any atom is 0.120 e. The molecule has 2 aromatic rings. The van der Waals surface area contributed by atoms with Gasteiger partial charge in [0.15, 0.2) is 0 Å². The molecule has 0 radical (unpaired) electrons. The Bertz CT molecular complexity index is 563. The lowest BCUT2D eigenvalue weighted by atomic mass is 10.2. The first-order valence-electron chi connectivity index (χ1n) is 7.46. The fourth-order valence-corrected chi connectivity index (χ4v) is 2.30. The summed E-state index contributed by atoms with van der Waals surface area (Å²) in [7, 11) is 2.14. The zero-order valence-electron chi connectivity index (χ0n) is 13.4. The predicted molar refractivity (Wildman–Crippen MR) is 85.5 cm³/mol. The summed E-state index contributed by atoms with van der Waals surface area (Å²) in [5.74, 6) is 2.01. The summed E-state index contributed by atoms with van der Waals surface area (Å²) in [6.45, 7) is 9.01. The van der Waals surface area contributed by atoms with E-state index in [1.165, 1.54) is 5.56 Å². The molecule has 114 valence electrons. The van der Waals surface area contributed by atoms with Crippen molar-refractivity contribution >= 4 is 0 Å². The molecule has 0 unspecified atom stereocenters. The molecular weight excluding hydrogens is 262 g/mol. The largest absolute Gasteiger partial charge is 0.491 e. The summed E-state index contributed by atoms with van der Waals surface area (Å²) in [4.78, 5) is 6.56. The van der Waals surface area contributed by atoms with Gasteiger partial charge in [-0.25, -0.2) is 4.98 Å². The normalized spacial score (nSPS) is 11.3. The lowest BCUT2D eigenvalue weighted by molar-refractivity contribution is 0.241. The van der Waals surface area contributed by atoms with Crippen molar-refractivity contribution in [2.75, 3.05) is 13.6 Å². The molecule has 0 fully saturated rings. The van der Waals surface area contributed by atoms with E-state index in [4.69, 9.17) is 4.74 Å². The van der Waals surface area contributed by atoms with E-state index in [2.05, 4.69) is 39.7 Å². The van der Waals surface area contributed by atoms with Gasteiger partial charge in [-0.1, -0.05) is 12.1 Å². The molecule has 1 aromatic heterocycles. The first-order valence-corrected chi connectivity index (χ1v) is 7.46. The summed E-state index contributed by atoms with van der Waals surface area (Å²) in [6, 6.07) is 8.34. The van der Waals surface area contributed by atoms with Gasteiger partial charge in [0, 0.05) is 32.0 Å². The molecule has 1 aromatic carbocycles. The highest BCUT2D eigenvalue weighted by Gasteiger charge is 2.04. The summed E-state index contributed by atoms with van der Waals surface area (Å²) in [5.41, 5.74) is 1.28. The van der Waals surface area contributed by atoms with Gasteiger partial charge in [-0.15, -0.1) is 0 Å². The standard InChI is InChI=1S/C17H25N3O/c1-14(2)21-17-7-5-6-16(12-17)13-19(4)10-11-20-9-8-18-15(20)3/h5-9,12,14H,10-11,13H2,1-4H3. The number of aryl methyl sites for hydroxylation is 1. The van der Waals surface area contributed by atoms with E-state index in [0.717, 1.165) is 31.2 Å². The highest BCUT2D eigenvalue weighted by atomic mass is 16.5. The second kappa shape index (κ2) is 7.27. The average Bonchev–Trinajstić information content (AvgIpc) is 2.81. The van der Waals surface area contributed by atoms with Crippen molar-refractivity contribution in [1.82, 2.24) is 14.5 Å². The summed E-state index contributed by atoms with van der Waals surface area (Å²) in [5, 5.41) is 0. The first kappa shape index (κ1) is 15.6. The van der Waals surface area contributed by atoms with Crippen LogP contribution in [0.4, 0.5) is 0 Å². The SMILES string of the molecule is Cc1nccn1CCN(C)Cc1cccc(OC(C)C)c1. The predicted octanol–water partition coefficient (Wildman–Crippen LogP) is 3.11. The molecule has 0 atom stereocenters. The number of likely N-dealkylation sites (N-methyl/N-ethyl adjacent to an activating group) is 1. The Kier molecular flexibility index (Phi) is 5.39. The fourth-order valence-electron chi connectivity index (χ4n) is 2.30. The minimum Gasteiger partial charge on any atom is -0.491 e. The van der Waals surface area contributed by atoms with Crippen LogP contribution >= 0.6 is 0 Å².